The summed E-state index contributed by atoms with van der Waals surface area (Å²) in [5.74, 6) is 0. The lowest BCUT2D eigenvalue weighted by molar-refractivity contribution is 0.239. The third-order valence-corrected chi connectivity index (χ3v) is 1.26. The van der Waals surface area contributed by atoms with Crippen molar-refractivity contribution in [1.82, 2.24) is 0 Å². The zero-order valence-electron chi connectivity index (χ0n) is 3.57. The molecular formula is C2H2FO4P. The van der Waals surface area contributed by atoms with Crippen molar-refractivity contribution in [2.45, 2.75) is 0 Å². The highest BCUT2D eigenvalue weighted by Gasteiger charge is 2.30. The molecule has 0 saturated heterocycles. The van der Waals surface area contributed by atoms with E-state index in [9.17, 15) is 8.96 Å². The van der Waals surface area contributed by atoms with Gasteiger partial charge in [0.25, 0.3) is 0 Å². The Hall–Kier alpha value is -0.540. The van der Waals surface area contributed by atoms with Crippen molar-refractivity contribution < 1.29 is 22.9 Å². The fraction of sp³-hybridized carbons (Fsp3) is 0. The normalized spacial score (nSPS) is 35.5. The van der Waals surface area contributed by atoms with Crippen molar-refractivity contribution >= 4 is 7.82 Å². The van der Waals surface area contributed by atoms with Crippen molar-refractivity contribution in [3.05, 3.63) is 12.3 Å². The predicted molar refractivity (Wildman–Crippen MR) is 21.2 cm³/mol. The Labute approximate surface area is 44.1 Å². The van der Waals surface area contributed by atoms with Crippen molar-refractivity contribution in [1.29, 1.82) is 0 Å². The summed E-state index contributed by atoms with van der Waals surface area (Å²) in [6.07, 6.45) is 0.445. The predicted octanol–water partition coefficient (Wildman–Crippen LogP) is 0.902. The van der Waals surface area contributed by atoms with Gasteiger partial charge >= 0.3 is 13.8 Å². The van der Waals surface area contributed by atoms with E-state index in [0.717, 1.165) is 0 Å². The van der Waals surface area contributed by atoms with Crippen LogP contribution in [0.4, 0.5) is 4.39 Å². The lowest BCUT2D eigenvalue weighted by Crippen LogP contribution is -1.75. The Kier molecular flexibility index (Phi) is 1.03. The van der Waals surface area contributed by atoms with Gasteiger partial charge in [0.05, 0.1) is 0 Å². The average molecular weight is 140 g/mol. The molecule has 1 aliphatic heterocycles. The summed E-state index contributed by atoms with van der Waals surface area (Å²) in [7, 11) is -4.07. The summed E-state index contributed by atoms with van der Waals surface area (Å²) in [6.45, 7) is 0. The van der Waals surface area contributed by atoms with Crippen LogP contribution in [0.15, 0.2) is 12.3 Å². The maximum Gasteiger partial charge on any atom is 0.586 e. The van der Waals surface area contributed by atoms with Gasteiger partial charge in [0.2, 0.25) is 0 Å². The maximum atomic E-state index is 11.6. The monoisotopic (exact) mass is 140 g/mol. The summed E-state index contributed by atoms with van der Waals surface area (Å²) in [5, 5.41) is 0. The first-order valence-corrected chi connectivity index (χ1v) is 3.16. The van der Waals surface area contributed by atoms with E-state index in [1.54, 1.807) is 0 Å². The Morgan fingerprint density at radius 1 is 1.88 bits per heavy atom. The number of phosphoric ester groups is 1. The van der Waals surface area contributed by atoms with Crippen LogP contribution in [0.3, 0.4) is 0 Å². The van der Waals surface area contributed by atoms with Crippen molar-refractivity contribution in [2.75, 3.05) is 0 Å². The second-order valence-corrected chi connectivity index (χ2v) is 2.42. The standard InChI is InChI=1S/C2H2FO4P/c3-2-1-6-8(4,5)7-2/h1H,(H,4,5). The Morgan fingerprint density at radius 3 is 2.62 bits per heavy atom. The molecule has 1 unspecified atom stereocenters. The Bertz CT molecular complexity index is 175. The molecule has 0 aliphatic carbocycles. The number of hydrogen-bond acceptors (Lipinski definition) is 3. The van der Waals surface area contributed by atoms with Gasteiger partial charge < -0.3 is 9.05 Å². The fourth-order valence-electron chi connectivity index (χ4n) is 0.261. The molecule has 1 atom stereocenters. The second kappa shape index (κ2) is 1.47. The van der Waals surface area contributed by atoms with E-state index in [2.05, 4.69) is 9.05 Å². The van der Waals surface area contributed by atoms with Crippen LogP contribution >= 0.6 is 7.82 Å². The minimum absolute atomic E-state index is 0.445. The highest BCUT2D eigenvalue weighted by molar-refractivity contribution is 7.47. The molecule has 0 saturated carbocycles. The van der Waals surface area contributed by atoms with Crippen LogP contribution in [0.2, 0.25) is 0 Å². The van der Waals surface area contributed by atoms with E-state index in [4.69, 9.17) is 4.89 Å². The molecule has 1 heterocycles. The molecule has 0 aromatic carbocycles. The van der Waals surface area contributed by atoms with Gasteiger partial charge in [0, 0.05) is 0 Å². The summed E-state index contributed by atoms with van der Waals surface area (Å²) in [6, 6.07) is -1.17. The number of hydrogen-bond donors (Lipinski definition) is 1. The number of rotatable bonds is 0. The van der Waals surface area contributed by atoms with Gasteiger partial charge in [0.15, 0.2) is 6.26 Å². The molecule has 8 heavy (non-hydrogen) atoms. The Morgan fingerprint density at radius 2 is 2.50 bits per heavy atom. The van der Waals surface area contributed by atoms with E-state index in [1.807, 2.05) is 0 Å². The first kappa shape index (κ1) is 5.59. The fourth-order valence-corrected chi connectivity index (χ4v) is 0.784. The first-order chi connectivity index (χ1) is 3.60. The van der Waals surface area contributed by atoms with Gasteiger partial charge in [-0.2, -0.15) is 4.39 Å². The molecule has 0 amide bonds. The topological polar surface area (TPSA) is 55.8 Å². The molecule has 6 heteroatoms. The zero-order valence-corrected chi connectivity index (χ0v) is 4.47. The molecule has 1 aliphatic rings. The number of halogens is 1. The highest BCUT2D eigenvalue weighted by atomic mass is 31.2. The van der Waals surface area contributed by atoms with E-state index < -0.39 is 13.8 Å². The van der Waals surface area contributed by atoms with E-state index in [1.165, 1.54) is 0 Å². The molecule has 1 rings (SSSR count). The quantitative estimate of drug-likeness (QED) is 0.508. The van der Waals surface area contributed by atoms with Gasteiger partial charge in [-0.1, -0.05) is 0 Å². The summed E-state index contributed by atoms with van der Waals surface area (Å²) >= 11 is 0. The van der Waals surface area contributed by atoms with Crippen LogP contribution in [0.25, 0.3) is 0 Å². The third kappa shape index (κ3) is 0.993. The molecule has 0 aromatic rings. The van der Waals surface area contributed by atoms with Crippen molar-refractivity contribution in [2.24, 2.45) is 0 Å². The second-order valence-electron chi connectivity index (χ2n) is 1.09. The van der Waals surface area contributed by atoms with Crippen LogP contribution < -0.4 is 0 Å². The maximum absolute atomic E-state index is 11.6. The van der Waals surface area contributed by atoms with Gasteiger partial charge in [-0.3, -0.25) is 4.89 Å². The molecule has 0 fully saturated rings. The average Bonchev–Trinajstić information content (AvgIpc) is 1.82. The zero-order chi connectivity index (χ0) is 6.20. The van der Waals surface area contributed by atoms with Gasteiger partial charge in [-0.05, 0) is 0 Å². The van der Waals surface area contributed by atoms with Crippen LogP contribution in [0.5, 0.6) is 0 Å². The Balaban J connectivity index is 2.69. The molecule has 0 radical (unpaired) electrons. The minimum atomic E-state index is -4.07. The van der Waals surface area contributed by atoms with E-state index in [0.29, 0.717) is 6.26 Å². The summed E-state index contributed by atoms with van der Waals surface area (Å²) in [4.78, 5) is 8.18. The van der Waals surface area contributed by atoms with Gasteiger partial charge in [-0.15, -0.1) is 0 Å². The molecule has 46 valence electrons. The summed E-state index contributed by atoms with van der Waals surface area (Å²) in [5.41, 5.74) is 0. The SMILES string of the molecule is O=P1(O)OC=C(F)O1. The van der Waals surface area contributed by atoms with Crippen molar-refractivity contribution in [3.63, 3.8) is 0 Å². The molecule has 0 bridgehead atoms. The minimum Gasteiger partial charge on any atom is -0.396 e. The summed E-state index contributed by atoms with van der Waals surface area (Å²) < 4.78 is 29.1. The molecule has 0 spiro atoms. The van der Waals surface area contributed by atoms with E-state index >= 15 is 0 Å². The lowest BCUT2D eigenvalue weighted by atomic mass is 11.0. The van der Waals surface area contributed by atoms with Crippen molar-refractivity contribution in [3.8, 4) is 0 Å². The van der Waals surface area contributed by atoms with Crippen LogP contribution in [0, 0.1) is 0 Å². The third-order valence-electron chi connectivity index (χ3n) is 0.481. The molecule has 1 N–H and O–H groups in total. The van der Waals surface area contributed by atoms with Crippen LogP contribution in [0.1, 0.15) is 0 Å². The molecular weight excluding hydrogens is 138 g/mol. The molecule has 0 aromatic heterocycles. The van der Waals surface area contributed by atoms with Crippen LogP contribution in [-0.2, 0) is 13.6 Å². The van der Waals surface area contributed by atoms with Gasteiger partial charge in [0.1, 0.15) is 0 Å². The van der Waals surface area contributed by atoms with Gasteiger partial charge in [-0.25, -0.2) is 4.57 Å². The highest BCUT2D eigenvalue weighted by Crippen LogP contribution is 2.50. The lowest BCUT2D eigenvalue weighted by Gasteiger charge is -1.96. The van der Waals surface area contributed by atoms with E-state index in [-0.39, 0.29) is 0 Å². The molecule has 4 nitrogen and oxygen atoms in total. The number of phosphoric acid groups is 1. The van der Waals surface area contributed by atoms with Crippen LogP contribution in [-0.4, -0.2) is 4.89 Å². The first-order valence-electron chi connectivity index (χ1n) is 1.67. The largest absolute Gasteiger partial charge is 0.586 e. The smallest absolute Gasteiger partial charge is 0.396 e.